The van der Waals surface area contributed by atoms with Crippen molar-refractivity contribution in [1.29, 1.82) is 0 Å². The average Bonchev–Trinajstić information content (AvgIpc) is 2.41. The van der Waals surface area contributed by atoms with Gasteiger partial charge in [-0.3, -0.25) is 4.72 Å². The molecule has 0 saturated heterocycles. The Kier molecular flexibility index (Phi) is 4.34. The summed E-state index contributed by atoms with van der Waals surface area (Å²) in [4.78, 5) is 10.8. The van der Waals surface area contributed by atoms with Gasteiger partial charge in [0.05, 0.1) is 10.9 Å². The maximum Gasteiger partial charge on any atom is 0.262 e. The van der Waals surface area contributed by atoms with Gasteiger partial charge >= 0.3 is 0 Å². The number of carboxylic acids is 1. The quantitative estimate of drug-likeness (QED) is 0.892. The third kappa shape index (κ3) is 3.62. The summed E-state index contributed by atoms with van der Waals surface area (Å²) >= 11 is 3.26. The van der Waals surface area contributed by atoms with Crippen molar-refractivity contribution in [1.82, 2.24) is 0 Å². The highest BCUT2D eigenvalue weighted by molar-refractivity contribution is 9.10. The molecule has 0 atom stereocenters. The third-order valence-corrected chi connectivity index (χ3v) is 4.86. The molecule has 2 aromatic rings. The van der Waals surface area contributed by atoms with E-state index in [9.17, 15) is 18.3 Å². The van der Waals surface area contributed by atoms with E-state index in [1.165, 1.54) is 12.1 Å². The van der Waals surface area contributed by atoms with Gasteiger partial charge in [-0.1, -0.05) is 28.1 Å². The van der Waals surface area contributed by atoms with E-state index >= 15 is 0 Å². The fraction of sp³-hybridized carbons (Fsp3) is 0.0714. The second-order valence-corrected chi connectivity index (χ2v) is 6.95. The van der Waals surface area contributed by atoms with Gasteiger partial charge in [0.1, 0.15) is 0 Å². The molecule has 1 N–H and O–H groups in total. The second kappa shape index (κ2) is 5.87. The topological polar surface area (TPSA) is 86.3 Å². The van der Waals surface area contributed by atoms with Gasteiger partial charge in [-0.2, -0.15) is 0 Å². The summed E-state index contributed by atoms with van der Waals surface area (Å²) in [5, 5.41) is 10.9. The first-order chi connectivity index (χ1) is 9.79. The number of carbonyl (C=O) groups is 1. The Morgan fingerprint density at radius 2 is 1.76 bits per heavy atom. The minimum atomic E-state index is -3.87. The lowest BCUT2D eigenvalue weighted by atomic mass is 10.1. The van der Waals surface area contributed by atoms with Gasteiger partial charge in [0.25, 0.3) is 10.0 Å². The molecule has 0 bridgehead atoms. The number of carboxylic acid groups (broad SMARTS) is 1. The fourth-order valence-corrected chi connectivity index (χ4v) is 3.34. The highest BCUT2D eigenvalue weighted by Gasteiger charge is 2.17. The molecule has 0 spiro atoms. The van der Waals surface area contributed by atoms with Crippen molar-refractivity contribution >= 4 is 37.6 Å². The van der Waals surface area contributed by atoms with Crippen LogP contribution in [0.5, 0.6) is 0 Å². The van der Waals surface area contributed by atoms with Crippen molar-refractivity contribution in [3.8, 4) is 0 Å². The van der Waals surface area contributed by atoms with Crippen LogP contribution in [0.4, 0.5) is 5.69 Å². The largest absolute Gasteiger partial charge is 0.545 e. The van der Waals surface area contributed by atoms with Crippen LogP contribution in [0.25, 0.3) is 0 Å². The first kappa shape index (κ1) is 15.5. The van der Waals surface area contributed by atoms with E-state index in [-0.39, 0.29) is 10.5 Å². The third-order valence-electron chi connectivity index (χ3n) is 2.81. The van der Waals surface area contributed by atoms with E-state index in [1.54, 1.807) is 31.2 Å². The number of carbonyl (C=O) groups excluding carboxylic acids is 1. The molecule has 0 aromatic heterocycles. The Hall–Kier alpha value is -1.86. The molecule has 0 fully saturated rings. The lowest BCUT2D eigenvalue weighted by Gasteiger charge is -2.12. The van der Waals surface area contributed by atoms with Crippen LogP contribution in [0.1, 0.15) is 15.9 Å². The van der Waals surface area contributed by atoms with Crippen LogP contribution >= 0.6 is 15.9 Å². The molecular formula is C14H11BrNO4S-. The number of halogens is 1. The number of rotatable bonds is 4. The lowest BCUT2D eigenvalue weighted by Crippen LogP contribution is -2.23. The zero-order valence-electron chi connectivity index (χ0n) is 11.0. The van der Waals surface area contributed by atoms with Crippen LogP contribution in [-0.4, -0.2) is 14.4 Å². The van der Waals surface area contributed by atoms with Crippen LogP contribution in [-0.2, 0) is 10.0 Å². The van der Waals surface area contributed by atoms with E-state index in [4.69, 9.17) is 0 Å². The molecule has 0 aliphatic rings. The van der Waals surface area contributed by atoms with Gasteiger partial charge in [-0.25, -0.2) is 8.42 Å². The summed E-state index contributed by atoms with van der Waals surface area (Å²) < 4.78 is 27.9. The van der Waals surface area contributed by atoms with Gasteiger partial charge in [0, 0.05) is 10.2 Å². The summed E-state index contributed by atoms with van der Waals surface area (Å²) in [6.45, 7) is 1.59. The summed E-state index contributed by atoms with van der Waals surface area (Å²) in [6, 6.07) is 10.4. The van der Waals surface area contributed by atoms with E-state index < -0.39 is 16.0 Å². The monoisotopic (exact) mass is 368 g/mol. The molecule has 0 amide bonds. The molecule has 5 nitrogen and oxygen atoms in total. The van der Waals surface area contributed by atoms with Crippen LogP contribution < -0.4 is 9.83 Å². The standard InChI is InChI=1S/C14H12BrNO4S/c1-9-2-3-10(14(17)18)8-13(9)21(19,20)16-12-6-4-11(15)5-7-12/h2-8,16H,1H3,(H,17,18)/p-1. The number of benzene rings is 2. The van der Waals surface area contributed by atoms with E-state index in [2.05, 4.69) is 20.7 Å². The highest BCUT2D eigenvalue weighted by Crippen LogP contribution is 2.22. The molecule has 2 rings (SSSR count). The van der Waals surface area contributed by atoms with Crippen LogP contribution in [0.15, 0.2) is 51.8 Å². The Bertz CT molecular complexity index is 785. The lowest BCUT2D eigenvalue weighted by molar-refractivity contribution is -0.255. The van der Waals surface area contributed by atoms with Crippen LogP contribution in [0.2, 0.25) is 0 Å². The van der Waals surface area contributed by atoms with Crippen molar-refractivity contribution in [3.05, 3.63) is 58.1 Å². The van der Waals surface area contributed by atoms with E-state index in [0.29, 0.717) is 11.3 Å². The molecule has 7 heteroatoms. The Morgan fingerprint density at radius 3 is 2.33 bits per heavy atom. The number of hydrogen-bond donors (Lipinski definition) is 1. The average molecular weight is 369 g/mol. The number of aryl methyl sites for hydroxylation is 1. The van der Waals surface area contributed by atoms with E-state index in [1.807, 2.05) is 0 Å². The SMILES string of the molecule is Cc1ccc(C(=O)[O-])cc1S(=O)(=O)Nc1ccc(Br)cc1. The maximum atomic E-state index is 12.3. The van der Waals surface area contributed by atoms with Gasteiger partial charge in [0.2, 0.25) is 0 Å². The molecule has 0 heterocycles. The van der Waals surface area contributed by atoms with Gasteiger partial charge in [-0.15, -0.1) is 0 Å². The van der Waals surface area contributed by atoms with Gasteiger partial charge < -0.3 is 9.90 Å². The zero-order chi connectivity index (χ0) is 15.6. The predicted molar refractivity (Wildman–Crippen MR) is 80.5 cm³/mol. The molecule has 110 valence electrons. The molecular weight excluding hydrogens is 358 g/mol. The van der Waals surface area contributed by atoms with Crippen LogP contribution in [0, 0.1) is 6.92 Å². The summed E-state index contributed by atoms with van der Waals surface area (Å²) in [7, 11) is -3.87. The van der Waals surface area contributed by atoms with Crippen molar-refractivity contribution in [2.45, 2.75) is 11.8 Å². The fourth-order valence-electron chi connectivity index (χ4n) is 1.74. The second-order valence-electron chi connectivity index (χ2n) is 4.38. The molecule has 0 radical (unpaired) electrons. The molecule has 0 aliphatic carbocycles. The smallest absolute Gasteiger partial charge is 0.262 e. The molecule has 2 aromatic carbocycles. The van der Waals surface area contributed by atoms with Crippen molar-refractivity contribution in [3.63, 3.8) is 0 Å². The Balaban J connectivity index is 2.41. The zero-order valence-corrected chi connectivity index (χ0v) is 13.4. The minimum absolute atomic E-state index is 0.0906. The molecule has 0 aliphatic heterocycles. The van der Waals surface area contributed by atoms with Crippen molar-refractivity contribution < 1.29 is 18.3 Å². The number of aromatic carboxylic acids is 1. The van der Waals surface area contributed by atoms with Gasteiger partial charge in [-0.05, 0) is 48.4 Å². The normalized spacial score (nSPS) is 11.1. The number of sulfonamides is 1. The summed E-state index contributed by atoms with van der Waals surface area (Å²) in [5.41, 5.74) is 0.651. The van der Waals surface area contributed by atoms with Crippen molar-refractivity contribution in [2.24, 2.45) is 0 Å². The number of hydrogen-bond acceptors (Lipinski definition) is 4. The number of nitrogens with one attached hydrogen (secondary N) is 1. The molecule has 0 saturated carbocycles. The predicted octanol–water partition coefficient (Wildman–Crippen LogP) is 1.92. The van der Waals surface area contributed by atoms with Gasteiger partial charge in [0.15, 0.2) is 0 Å². The van der Waals surface area contributed by atoms with Crippen LogP contribution in [0.3, 0.4) is 0 Å². The Morgan fingerprint density at radius 1 is 1.14 bits per heavy atom. The first-order valence-electron chi connectivity index (χ1n) is 5.90. The maximum absolute atomic E-state index is 12.3. The summed E-state index contributed by atoms with van der Waals surface area (Å²) in [5.74, 6) is -1.42. The van der Waals surface area contributed by atoms with E-state index in [0.717, 1.165) is 10.5 Å². The van der Waals surface area contributed by atoms with Crippen molar-refractivity contribution in [2.75, 3.05) is 4.72 Å². The molecule has 0 unspecified atom stereocenters. The molecule has 21 heavy (non-hydrogen) atoms. The first-order valence-corrected chi connectivity index (χ1v) is 8.17. The minimum Gasteiger partial charge on any atom is -0.545 e. The highest BCUT2D eigenvalue weighted by atomic mass is 79.9. The summed E-state index contributed by atoms with van der Waals surface area (Å²) in [6.07, 6.45) is 0. The number of anilines is 1. The Labute approximate surface area is 130 Å².